The van der Waals surface area contributed by atoms with Crippen molar-refractivity contribution in [3.63, 3.8) is 0 Å². The lowest BCUT2D eigenvalue weighted by molar-refractivity contribution is 0.391. The van der Waals surface area contributed by atoms with Gasteiger partial charge in [0.05, 0.1) is 5.88 Å². The van der Waals surface area contributed by atoms with Crippen LogP contribution in [0.1, 0.15) is 17.1 Å². The number of hydrogen-bond donors (Lipinski definition) is 0. The molecule has 0 saturated heterocycles. The molecule has 2 aromatic heterocycles. The molecule has 2 aromatic rings. The van der Waals surface area contributed by atoms with Gasteiger partial charge in [0.1, 0.15) is 22.9 Å². The molecule has 0 amide bonds. The van der Waals surface area contributed by atoms with Crippen molar-refractivity contribution in [3.05, 3.63) is 23.2 Å². The monoisotopic (exact) mass is 212 g/mol. The van der Waals surface area contributed by atoms with Crippen molar-refractivity contribution in [2.75, 3.05) is 0 Å². The molecule has 0 spiro atoms. The summed E-state index contributed by atoms with van der Waals surface area (Å²) in [4.78, 5) is 0. The van der Waals surface area contributed by atoms with E-state index >= 15 is 0 Å². The molecule has 0 unspecified atom stereocenters. The van der Waals surface area contributed by atoms with E-state index in [2.05, 4.69) is 10.3 Å². The van der Waals surface area contributed by atoms with Gasteiger partial charge in [0.25, 0.3) is 0 Å². The fraction of sp³-hybridized carbons (Fsp3) is 0.333. The van der Waals surface area contributed by atoms with Crippen LogP contribution in [0.4, 0.5) is 0 Å². The molecule has 5 heteroatoms. The topological polar surface area (TPSA) is 52.1 Å². The smallest absolute Gasteiger partial charge is 0.140 e. The largest absolute Gasteiger partial charge is 0.361 e. The number of halogens is 1. The first-order chi connectivity index (χ1) is 6.72. The van der Waals surface area contributed by atoms with E-state index in [4.69, 9.17) is 20.6 Å². The van der Waals surface area contributed by atoms with Crippen LogP contribution in [0.15, 0.2) is 15.1 Å². The van der Waals surface area contributed by atoms with Crippen molar-refractivity contribution >= 4 is 11.6 Å². The number of nitrogens with zero attached hydrogens (tertiary/aromatic N) is 2. The second-order valence-electron chi connectivity index (χ2n) is 3.02. The average Bonchev–Trinajstić information content (AvgIpc) is 2.71. The third kappa shape index (κ3) is 1.42. The first-order valence-electron chi connectivity index (χ1n) is 4.17. The van der Waals surface area contributed by atoms with E-state index in [1.54, 1.807) is 6.07 Å². The number of alkyl halides is 1. The molecule has 0 bridgehead atoms. The normalized spacial score (nSPS) is 10.8. The van der Waals surface area contributed by atoms with Crippen LogP contribution in [0.3, 0.4) is 0 Å². The first-order valence-corrected chi connectivity index (χ1v) is 4.70. The van der Waals surface area contributed by atoms with Crippen molar-refractivity contribution in [1.82, 2.24) is 10.3 Å². The highest BCUT2D eigenvalue weighted by atomic mass is 35.5. The third-order valence-corrected chi connectivity index (χ3v) is 2.26. The minimum atomic E-state index is 0.358. The maximum absolute atomic E-state index is 5.78. The number of rotatable bonds is 2. The molecule has 14 heavy (non-hydrogen) atoms. The molecule has 0 radical (unpaired) electrons. The summed E-state index contributed by atoms with van der Waals surface area (Å²) in [5, 5.41) is 7.74. The van der Waals surface area contributed by atoms with Gasteiger partial charge >= 0.3 is 0 Å². The Morgan fingerprint density at radius 1 is 1.29 bits per heavy atom. The predicted octanol–water partition coefficient (Wildman–Crippen LogP) is 2.69. The van der Waals surface area contributed by atoms with E-state index in [-0.39, 0.29) is 0 Å². The van der Waals surface area contributed by atoms with Crippen LogP contribution in [0.5, 0.6) is 0 Å². The SMILES string of the molecule is Cc1cc(-c2noc(C)c2CCl)no1. The van der Waals surface area contributed by atoms with Crippen LogP contribution in [-0.2, 0) is 5.88 Å². The molecule has 4 nitrogen and oxygen atoms in total. The van der Waals surface area contributed by atoms with E-state index < -0.39 is 0 Å². The molecular weight excluding hydrogens is 204 g/mol. The maximum Gasteiger partial charge on any atom is 0.140 e. The van der Waals surface area contributed by atoms with Gasteiger partial charge in [-0.1, -0.05) is 10.3 Å². The quantitative estimate of drug-likeness (QED) is 0.719. The van der Waals surface area contributed by atoms with Crippen LogP contribution in [0.25, 0.3) is 11.4 Å². The summed E-state index contributed by atoms with van der Waals surface area (Å²) >= 11 is 5.78. The van der Waals surface area contributed by atoms with Crippen molar-refractivity contribution in [3.8, 4) is 11.4 Å². The Kier molecular flexibility index (Phi) is 2.29. The molecule has 0 aromatic carbocycles. The lowest BCUT2D eigenvalue weighted by Crippen LogP contribution is -1.84. The molecule has 0 fully saturated rings. The zero-order chi connectivity index (χ0) is 10.1. The minimum Gasteiger partial charge on any atom is -0.361 e. The highest BCUT2D eigenvalue weighted by Gasteiger charge is 2.16. The molecule has 2 heterocycles. The van der Waals surface area contributed by atoms with Crippen molar-refractivity contribution in [1.29, 1.82) is 0 Å². The Balaban J connectivity index is 2.51. The Labute approximate surface area is 85.8 Å². The number of aryl methyl sites for hydroxylation is 2. The fourth-order valence-electron chi connectivity index (χ4n) is 1.23. The molecule has 0 aliphatic heterocycles. The summed E-state index contributed by atoms with van der Waals surface area (Å²) in [6.07, 6.45) is 0. The Morgan fingerprint density at radius 2 is 2.07 bits per heavy atom. The molecule has 0 saturated carbocycles. The summed E-state index contributed by atoms with van der Waals surface area (Å²) in [6.45, 7) is 3.64. The lowest BCUT2D eigenvalue weighted by atomic mass is 10.2. The molecular formula is C9H9ClN2O2. The molecule has 0 aliphatic carbocycles. The summed E-state index contributed by atoms with van der Waals surface area (Å²) in [7, 11) is 0. The number of hydrogen-bond acceptors (Lipinski definition) is 4. The second kappa shape index (κ2) is 3.46. The van der Waals surface area contributed by atoms with Gasteiger partial charge in [0.15, 0.2) is 0 Å². The standard InChI is InChI=1S/C9H9ClN2O2/c1-5-3-8(11-13-5)9-7(4-10)6(2)14-12-9/h3H,4H2,1-2H3. The molecule has 0 N–H and O–H groups in total. The van der Waals surface area contributed by atoms with Gasteiger partial charge in [0, 0.05) is 11.6 Å². The highest BCUT2D eigenvalue weighted by molar-refractivity contribution is 6.17. The van der Waals surface area contributed by atoms with Crippen LogP contribution < -0.4 is 0 Å². The van der Waals surface area contributed by atoms with Gasteiger partial charge in [-0.15, -0.1) is 11.6 Å². The lowest BCUT2D eigenvalue weighted by Gasteiger charge is -1.91. The van der Waals surface area contributed by atoms with Crippen LogP contribution in [0.2, 0.25) is 0 Å². The van der Waals surface area contributed by atoms with E-state index in [1.807, 2.05) is 13.8 Å². The van der Waals surface area contributed by atoms with Gasteiger partial charge in [-0.3, -0.25) is 0 Å². The van der Waals surface area contributed by atoms with Gasteiger partial charge < -0.3 is 9.05 Å². The highest BCUT2D eigenvalue weighted by Crippen LogP contribution is 2.25. The number of aromatic nitrogens is 2. The molecule has 2 rings (SSSR count). The second-order valence-corrected chi connectivity index (χ2v) is 3.29. The molecule has 74 valence electrons. The Hall–Kier alpha value is -1.29. The predicted molar refractivity (Wildman–Crippen MR) is 51.0 cm³/mol. The van der Waals surface area contributed by atoms with E-state index in [0.717, 1.165) is 17.1 Å². The van der Waals surface area contributed by atoms with Crippen molar-refractivity contribution < 1.29 is 9.05 Å². The molecule has 0 aliphatic rings. The third-order valence-electron chi connectivity index (χ3n) is 1.99. The average molecular weight is 213 g/mol. The maximum atomic E-state index is 5.78. The van der Waals surface area contributed by atoms with Crippen LogP contribution in [0, 0.1) is 13.8 Å². The fourth-order valence-corrected chi connectivity index (χ4v) is 1.54. The zero-order valence-corrected chi connectivity index (χ0v) is 8.63. The minimum absolute atomic E-state index is 0.358. The van der Waals surface area contributed by atoms with Gasteiger partial charge in [0.2, 0.25) is 0 Å². The van der Waals surface area contributed by atoms with Crippen molar-refractivity contribution in [2.24, 2.45) is 0 Å². The van der Waals surface area contributed by atoms with Crippen molar-refractivity contribution in [2.45, 2.75) is 19.7 Å². The molecule has 0 atom stereocenters. The summed E-state index contributed by atoms with van der Waals surface area (Å²) in [5.74, 6) is 1.81. The van der Waals surface area contributed by atoms with E-state index in [9.17, 15) is 0 Å². The summed E-state index contributed by atoms with van der Waals surface area (Å²) in [5.41, 5.74) is 2.18. The van der Waals surface area contributed by atoms with Gasteiger partial charge in [-0.2, -0.15) is 0 Å². The van der Waals surface area contributed by atoms with Crippen LogP contribution in [-0.4, -0.2) is 10.3 Å². The van der Waals surface area contributed by atoms with Gasteiger partial charge in [-0.25, -0.2) is 0 Å². The van der Waals surface area contributed by atoms with E-state index in [1.165, 1.54) is 0 Å². The zero-order valence-electron chi connectivity index (χ0n) is 7.87. The van der Waals surface area contributed by atoms with Crippen LogP contribution >= 0.6 is 11.6 Å². The Bertz CT molecular complexity index is 447. The first kappa shape index (κ1) is 9.27. The summed E-state index contributed by atoms with van der Waals surface area (Å²) < 4.78 is 9.99. The van der Waals surface area contributed by atoms with Gasteiger partial charge in [-0.05, 0) is 13.8 Å². The Morgan fingerprint density at radius 3 is 2.64 bits per heavy atom. The summed E-state index contributed by atoms with van der Waals surface area (Å²) in [6, 6.07) is 1.80. The van der Waals surface area contributed by atoms with E-state index in [0.29, 0.717) is 17.3 Å².